The molecular weight excluding hydrogens is 298 g/mol. The zero-order chi connectivity index (χ0) is 15.7. The predicted octanol–water partition coefficient (Wildman–Crippen LogP) is 3.58. The average Bonchev–Trinajstić information content (AvgIpc) is 2.52. The van der Waals surface area contributed by atoms with E-state index in [2.05, 4.69) is 11.8 Å². The van der Waals surface area contributed by atoms with Crippen LogP contribution in [0.25, 0.3) is 0 Å². The Bertz CT molecular complexity index is 631. The molecule has 0 aliphatic carbocycles. The zero-order valence-corrected chi connectivity index (χ0v) is 13.5. The highest BCUT2D eigenvalue weighted by Gasteiger charge is 2.43. The van der Waals surface area contributed by atoms with Crippen LogP contribution in [-0.2, 0) is 10.5 Å². The van der Waals surface area contributed by atoms with Gasteiger partial charge in [0.2, 0.25) is 5.79 Å². The van der Waals surface area contributed by atoms with Crippen molar-refractivity contribution in [3.05, 3.63) is 70.7 Å². The highest BCUT2D eigenvalue weighted by molar-refractivity contribution is 6.30. The maximum Gasteiger partial charge on any atom is 0.206 e. The fraction of sp³-hybridized carbons (Fsp3) is 0.333. The van der Waals surface area contributed by atoms with E-state index in [1.54, 1.807) is 12.1 Å². The Morgan fingerprint density at radius 3 is 2.41 bits per heavy atom. The van der Waals surface area contributed by atoms with E-state index in [9.17, 15) is 5.11 Å². The highest BCUT2D eigenvalue weighted by Crippen LogP contribution is 2.39. The summed E-state index contributed by atoms with van der Waals surface area (Å²) in [7, 11) is 2.00. The molecule has 2 aromatic carbocycles. The normalized spacial score (nSPS) is 29.5. The van der Waals surface area contributed by atoms with Gasteiger partial charge in [-0.15, -0.1) is 0 Å². The van der Waals surface area contributed by atoms with E-state index in [4.69, 9.17) is 16.3 Å². The quantitative estimate of drug-likeness (QED) is 0.919. The Labute approximate surface area is 136 Å². The minimum absolute atomic E-state index is 0.176. The number of benzene rings is 2. The molecule has 0 saturated carbocycles. The minimum atomic E-state index is -1.34. The molecular formula is C18H20ClNO2. The maximum atomic E-state index is 11.0. The molecule has 4 heteroatoms. The molecule has 1 aliphatic rings. The molecule has 22 heavy (non-hydrogen) atoms. The second-order valence-electron chi connectivity index (χ2n) is 5.90. The van der Waals surface area contributed by atoms with Gasteiger partial charge in [-0.25, -0.2) is 0 Å². The van der Waals surface area contributed by atoms with Gasteiger partial charge < -0.3 is 9.84 Å². The SMILES string of the molecule is C[C@@H]1[C@@H](c2ccccc2)O[C@@](O)(c2ccc(Cl)cc2)CN1C. The molecule has 0 radical (unpaired) electrons. The van der Waals surface area contributed by atoms with E-state index in [0.717, 1.165) is 11.1 Å². The highest BCUT2D eigenvalue weighted by atomic mass is 35.5. The van der Waals surface area contributed by atoms with Crippen LogP contribution in [0, 0.1) is 0 Å². The lowest BCUT2D eigenvalue weighted by Crippen LogP contribution is -2.53. The molecule has 0 aromatic heterocycles. The molecule has 3 nitrogen and oxygen atoms in total. The van der Waals surface area contributed by atoms with Gasteiger partial charge in [0.05, 0.1) is 6.54 Å². The largest absolute Gasteiger partial charge is 0.361 e. The topological polar surface area (TPSA) is 32.7 Å². The molecule has 2 aromatic rings. The van der Waals surface area contributed by atoms with Crippen LogP contribution in [0.3, 0.4) is 0 Å². The van der Waals surface area contributed by atoms with Crippen molar-refractivity contribution < 1.29 is 9.84 Å². The van der Waals surface area contributed by atoms with Crippen molar-refractivity contribution >= 4 is 11.6 Å². The number of likely N-dealkylation sites (N-methyl/N-ethyl adjacent to an activating group) is 1. The van der Waals surface area contributed by atoms with Gasteiger partial charge in [0.15, 0.2) is 0 Å². The standard InChI is InChI=1S/C18H20ClNO2/c1-13-17(14-6-4-3-5-7-14)22-18(21,12-20(13)2)15-8-10-16(19)11-9-15/h3-11,13,17,21H,12H2,1-2H3/t13-,17+,18-/m1/s1. The van der Waals surface area contributed by atoms with Crippen molar-refractivity contribution in [2.24, 2.45) is 0 Å². The van der Waals surface area contributed by atoms with Crippen LogP contribution in [0.5, 0.6) is 0 Å². The summed E-state index contributed by atoms with van der Waals surface area (Å²) >= 11 is 5.94. The molecule has 1 aliphatic heterocycles. The number of morpholine rings is 1. The summed E-state index contributed by atoms with van der Waals surface area (Å²) in [5.41, 5.74) is 1.78. The monoisotopic (exact) mass is 317 g/mol. The van der Waals surface area contributed by atoms with Gasteiger partial charge in [0, 0.05) is 16.6 Å². The summed E-state index contributed by atoms with van der Waals surface area (Å²) < 4.78 is 6.14. The first-order valence-corrected chi connectivity index (χ1v) is 7.79. The minimum Gasteiger partial charge on any atom is -0.361 e. The van der Waals surface area contributed by atoms with E-state index in [-0.39, 0.29) is 12.1 Å². The van der Waals surface area contributed by atoms with Gasteiger partial charge in [0.25, 0.3) is 0 Å². The number of hydrogen-bond donors (Lipinski definition) is 1. The van der Waals surface area contributed by atoms with Crippen LogP contribution in [0.15, 0.2) is 54.6 Å². The third-order valence-electron chi connectivity index (χ3n) is 4.34. The lowest BCUT2D eigenvalue weighted by atomic mass is 9.96. The maximum absolute atomic E-state index is 11.0. The fourth-order valence-corrected chi connectivity index (χ4v) is 3.04. The lowest BCUT2D eigenvalue weighted by molar-refractivity contribution is -0.289. The number of ether oxygens (including phenoxy) is 1. The Balaban J connectivity index is 1.95. The fourth-order valence-electron chi connectivity index (χ4n) is 2.92. The van der Waals surface area contributed by atoms with Gasteiger partial charge in [-0.2, -0.15) is 0 Å². The third-order valence-corrected chi connectivity index (χ3v) is 4.59. The summed E-state index contributed by atoms with van der Waals surface area (Å²) in [6.07, 6.45) is -0.194. The molecule has 0 bridgehead atoms. The Hall–Kier alpha value is -1.39. The lowest BCUT2D eigenvalue weighted by Gasteiger charge is -2.46. The molecule has 3 rings (SSSR count). The molecule has 1 N–H and O–H groups in total. The number of aliphatic hydroxyl groups is 1. The van der Waals surface area contributed by atoms with E-state index in [0.29, 0.717) is 11.6 Å². The molecule has 0 spiro atoms. The number of hydrogen-bond acceptors (Lipinski definition) is 3. The van der Waals surface area contributed by atoms with Gasteiger partial charge in [-0.1, -0.05) is 54.1 Å². The van der Waals surface area contributed by atoms with E-state index in [1.165, 1.54) is 0 Å². The van der Waals surface area contributed by atoms with Crippen molar-refractivity contribution in [1.82, 2.24) is 4.90 Å². The van der Waals surface area contributed by atoms with Gasteiger partial charge in [-0.05, 0) is 31.7 Å². The number of rotatable bonds is 2. The van der Waals surface area contributed by atoms with Crippen LogP contribution in [0.1, 0.15) is 24.2 Å². The first-order chi connectivity index (χ1) is 10.5. The summed E-state index contributed by atoms with van der Waals surface area (Å²) in [6.45, 7) is 2.53. The molecule has 3 atom stereocenters. The second-order valence-corrected chi connectivity index (χ2v) is 6.33. The summed E-state index contributed by atoms with van der Waals surface area (Å²) in [4.78, 5) is 2.12. The number of halogens is 1. The molecule has 1 saturated heterocycles. The average molecular weight is 318 g/mol. The number of β-amino-alcohol motifs (C(OH)–C–C–N with tert-alkyl or cyclic N) is 1. The predicted molar refractivity (Wildman–Crippen MR) is 87.7 cm³/mol. The molecule has 116 valence electrons. The summed E-state index contributed by atoms with van der Waals surface area (Å²) in [5.74, 6) is -1.34. The van der Waals surface area contributed by atoms with Gasteiger partial charge in [-0.3, -0.25) is 4.90 Å². The Morgan fingerprint density at radius 1 is 1.14 bits per heavy atom. The van der Waals surface area contributed by atoms with Crippen LogP contribution >= 0.6 is 11.6 Å². The summed E-state index contributed by atoms with van der Waals surface area (Å²) in [5, 5.41) is 11.7. The molecule has 1 fully saturated rings. The van der Waals surface area contributed by atoms with Gasteiger partial charge >= 0.3 is 0 Å². The van der Waals surface area contributed by atoms with Crippen molar-refractivity contribution in [1.29, 1.82) is 0 Å². The zero-order valence-electron chi connectivity index (χ0n) is 12.7. The molecule has 1 heterocycles. The van der Waals surface area contributed by atoms with Crippen LogP contribution in [0.2, 0.25) is 5.02 Å². The van der Waals surface area contributed by atoms with Crippen molar-refractivity contribution in [3.8, 4) is 0 Å². The first-order valence-electron chi connectivity index (χ1n) is 7.41. The molecule has 0 unspecified atom stereocenters. The van der Waals surface area contributed by atoms with Crippen molar-refractivity contribution in [2.75, 3.05) is 13.6 Å². The Morgan fingerprint density at radius 2 is 1.77 bits per heavy atom. The molecule has 0 amide bonds. The smallest absolute Gasteiger partial charge is 0.206 e. The van der Waals surface area contributed by atoms with E-state index in [1.807, 2.05) is 49.5 Å². The van der Waals surface area contributed by atoms with Crippen molar-refractivity contribution in [3.63, 3.8) is 0 Å². The van der Waals surface area contributed by atoms with Crippen LogP contribution < -0.4 is 0 Å². The van der Waals surface area contributed by atoms with E-state index >= 15 is 0 Å². The second kappa shape index (κ2) is 6.01. The summed E-state index contributed by atoms with van der Waals surface area (Å²) in [6, 6.07) is 17.4. The van der Waals surface area contributed by atoms with Crippen LogP contribution in [-0.4, -0.2) is 29.6 Å². The first kappa shape index (κ1) is 15.5. The number of nitrogens with zero attached hydrogens (tertiary/aromatic N) is 1. The van der Waals surface area contributed by atoms with Gasteiger partial charge in [0.1, 0.15) is 6.10 Å². The van der Waals surface area contributed by atoms with Crippen LogP contribution in [0.4, 0.5) is 0 Å². The third kappa shape index (κ3) is 2.90. The Kier molecular flexibility index (Phi) is 4.24. The van der Waals surface area contributed by atoms with Crippen molar-refractivity contribution in [2.45, 2.75) is 24.9 Å². The van der Waals surface area contributed by atoms with E-state index < -0.39 is 5.79 Å².